The number of thiophene rings is 1. The van der Waals surface area contributed by atoms with Crippen LogP contribution in [0, 0.1) is 11.8 Å². The van der Waals surface area contributed by atoms with Crippen molar-refractivity contribution in [2.24, 2.45) is 0 Å². The van der Waals surface area contributed by atoms with E-state index in [9.17, 15) is 4.79 Å². The number of nitrogens with zero attached hydrogens (tertiary/aromatic N) is 1. The average Bonchev–Trinajstić information content (AvgIpc) is 2.91. The molecule has 2 rings (SSSR count). The second-order valence-electron chi connectivity index (χ2n) is 4.10. The van der Waals surface area contributed by atoms with Crippen molar-refractivity contribution in [2.75, 3.05) is 6.61 Å². The zero-order valence-corrected chi connectivity index (χ0v) is 13.5. The van der Waals surface area contributed by atoms with Crippen LogP contribution in [0.5, 0.6) is 0 Å². The van der Waals surface area contributed by atoms with Crippen molar-refractivity contribution in [3.63, 3.8) is 0 Å². The van der Waals surface area contributed by atoms with Gasteiger partial charge >= 0.3 is 0 Å². The van der Waals surface area contributed by atoms with Crippen LogP contribution in [-0.4, -0.2) is 22.6 Å². The SMILES string of the molecule is O=C(NCc1ccc(Br)s1)c1ccc(C#CCCO)cn1. The van der Waals surface area contributed by atoms with Crippen molar-refractivity contribution in [1.82, 2.24) is 10.3 Å². The van der Waals surface area contributed by atoms with E-state index in [0.29, 0.717) is 18.7 Å². The van der Waals surface area contributed by atoms with Crippen LogP contribution in [0.15, 0.2) is 34.2 Å². The average molecular weight is 365 g/mol. The number of halogens is 1. The third kappa shape index (κ3) is 4.97. The van der Waals surface area contributed by atoms with E-state index in [-0.39, 0.29) is 12.5 Å². The van der Waals surface area contributed by atoms with Crippen molar-refractivity contribution in [2.45, 2.75) is 13.0 Å². The van der Waals surface area contributed by atoms with Gasteiger partial charge in [-0.2, -0.15) is 0 Å². The molecule has 108 valence electrons. The Kier molecular flexibility index (Phi) is 5.93. The van der Waals surface area contributed by atoms with Crippen LogP contribution in [0.3, 0.4) is 0 Å². The zero-order valence-electron chi connectivity index (χ0n) is 11.1. The van der Waals surface area contributed by atoms with E-state index in [1.807, 2.05) is 12.1 Å². The number of hydrogen-bond donors (Lipinski definition) is 2. The van der Waals surface area contributed by atoms with Crippen LogP contribution in [0.2, 0.25) is 0 Å². The predicted molar refractivity (Wildman–Crippen MR) is 86.0 cm³/mol. The molecule has 1 amide bonds. The van der Waals surface area contributed by atoms with Crippen LogP contribution in [0.25, 0.3) is 0 Å². The van der Waals surface area contributed by atoms with E-state index in [0.717, 1.165) is 14.2 Å². The van der Waals surface area contributed by atoms with Crippen LogP contribution < -0.4 is 5.32 Å². The summed E-state index contributed by atoms with van der Waals surface area (Å²) in [5.74, 6) is 5.46. The Bertz CT molecular complexity index is 671. The normalized spacial score (nSPS) is 9.81. The Hall–Kier alpha value is -1.68. The van der Waals surface area contributed by atoms with E-state index in [1.165, 1.54) is 0 Å². The van der Waals surface area contributed by atoms with Gasteiger partial charge in [0.05, 0.1) is 16.9 Å². The third-order valence-corrected chi connectivity index (χ3v) is 4.14. The van der Waals surface area contributed by atoms with Crippen molar-refractivity contribution in [3.8, 4) is 11.8 Å². The number of aliphatic hydroxyl groups excluding tert-OH is 1. The fraction of sp³-hybridized carbons (Fsp3) is 0.200. The quantitative estimate of drug-likeness (QED) is 0.819. The number of aliphatic hydroxyl groups is 1. The first-order chi connectivity index (χ1) is 10.2. The minimum Gasteiger partial charge on any atom is -0.395 e. The lowest BCUT2D eigenvalue weighted by atomic mass is 10.2. The largest absolute Gasteiger partial charge is 0.395 e. The van der Waals surface area contributed by atoms with Gasteiger partial charge in [0.2, 0.25) is 0 Å². The minimum atomic E-state index is -0.214. The van der Waals surface area contributed by atoms with Crippen molar-refractivity contribution in [3.05, 3.63) is 50.4 Å². The van der Waals surface area contributed by atoms with Gasteiger partial charge in [-0.05, 0) is 40.2 Å². The molecule has 0 fully saturated rings. The maximum Gasteiger partial charge on any atom is 0.270 e. The molecule has 2 aromatic heterocycles. The lowest BCUT2D eigenvalue weighted by molar-refractivity contribution is 0.0946. The van der Waals surface area contributed by atoms with E-state index < -0.39 is 0 Å². The van der Waals surface area contributed by atoms with Crippen molar-refractivity contribution in [1.29, 1.82) is 0 Å². The highest BCUT2D eigenvalue weighted by atomic mass is 79.9. The molecule has 0 aliphatic rings. The lowest BCUT2D eigenvalue weighted by Crippen LogP contribution is -2.23. The van der Waals surface area contributed by atoms with E-state index in [2.05, 4.69) is 38.1 Å². The molecule has 0 radical (unpaired) electrons. The Balaban J connectivity index is 1.92. The fourth-order valence-electron chi connectivity index (χ4n) is 1.53. The summed E-state index contributed by atoms with van der Waals surface area (Å²) in [5.41, 5.74) is 1.08. The number of nitrogens with one attached hydrogen (secondary N) is 1. The third-order valence-electron chi connectivity index (χ3n) is 2.52. The summed E-state index contributed by atoms with van der Waals surface area (Å²) in [6.45, 7) is 0.522. The molecule has 0 spiro atoms. The fourth-order valence-corrected chi connectivity index (χ4v) is 2.95. The molecule has 4 nitrogen and oxygen atoms in total. The lowest BCUT2D eigenvalue weighted by Gasteiger charge is -2.02. The van der Waals surface area contributed by atoms with Gasteiger partial charge in [-0.25, -0.2) is 4.98 Å². The van der Waals surface area contributed by atoms with Crippen LogP contribution in [-0.2, 0) is 6.54 Å². The van der Waals surface area contributed by atoms with Gasteiger partial charge in [0.15, 0.2) is 0 Å². The minimum absolute atomic E-state index is 0.0414. The standard InChI is InChI=1S/C15H13BrN2O2S/c16-14-7-5-12(21-14)10-18-15(20)13-6-4-11(9-17-13)3-1-2-8-19/h4-7,9,19H,2,8,10H2,(H,18,20). The van der Waals surface area contributed by atoms with Crippen molar-refractivity contribution < 1.29 is 9.90 Å². The Morgan fingerprint density at radius 3 is 2.86 bits per heavy atom. The van der Waals surface area contributed by atoms with E-state index in [1.54, 1.807) is 29.7 Å². The van der Waals surface area contributed by atoms with E-state index in [4.69, 9.17) is 5.11 Å². The summed E-state index contributed by atoms with van der Waals surface area (Å²) >= 11 is 4.96. The number of carbonyl (C=O) groups is 1. The van der Waals surface area contributed by atoms with Crippen LogP contribution in [0.4, 0.5) is 0 Å². The summed E-state index contributed by atoms with van der Waals surface area (Å²) < 4.78 is 1.04. The molecule has 0 bridgehead atoms. The second-order valence-corrected chi connectivity index (χ2v) is 6.64. The molecular formula is C15H13BrN2O2S. The number of carbonyl (C=O) groups excluding carboxylic acids is 1. The molecule has 6 heteroatoms. The Labute approximate surface area is 135 Å². The molecule has 0 aliphatic carbocycles. The number of rotatable bonds is 4. The first-order valence-corrected chi connectivity index (χ1v) is 7.88. The molecule has 2 N–H and O–H groups in total. The molecule has 21 heavy (non-hydrogen) atoms. The number of amides is 1. The molecule has 2 heterocycles. The summed E-state index contributed by atoms with van der Waals surface area (Å²) in [5, 5.41) is 11.5. The number of pyridine rings is 1. The van der Waals surface area contributed by atoms with Gasteiger partial charge in [-0.1, -0.05) is 11.8 Å². The van der Waals surface area contributed by atoms with Gasteiger partial charge in [-0.3, -0.25) is 4.79 Å². The maximum atomic E-state index is 11.9. The molecule has 0 saturated carbocycles. The Morgan fingerprint density at radius 2 is 2.24 bits per heavy atom. The smallest absolute Gasteiger partial charge is 0.270 e. The number of hydrogen-bond acceptors (Lipinski definition) is 4. The van der Waals surface area contributed by atoms with Crippen LogP contribution >= 0.6 is 27.3 Å². The molecule has 2 aromatic rings. The first-order valence-electron chi connectivity index (χ1n) is 6.27. The molecular weight excluding hydrogens is 352 g/mol. The highest BCUT2D eigenvalue weighted by Crippen LogP contribution is 2.21. The maximum absolute atomic E-state index is 11.9. The van der Waals surface area contributed by atoms with Gasteiger partial charge < -0.3 is 10.4 Å². The summed E-state index contributed by atoms with van der Waals surface area (Å²) in [6, 6.07) is 7.29. The number of aromatic nitrogens is 1. The zero-order chi connectivity index (χ0) is 15.1. The Morgan fingerprint density at radius 1 is 1.38 bits per heavy atom. The van der Waals surface area contributed by atoms with Gasteiger partial charge in [0.25, 0.3) is 5.91 Å². The monoisotopic (exact) mass is 364 g/mol. The van der Waals surface area contributed by atoms with Gasteiger partial charge in [0.1, 0.15) is 5.69 Å². The second kappa shape index (κ2) is 7.93. The van der Waals surface area contributed by atoms with E-state index >= 15 is 0 Å². The summed E-state index contributed by atoms with van der Waals surface area (Å²) in [7, 11) is 0. The highest BCUT2D eigenvalue weighted by molar-refractivity contribution is 9.11. The molecule has 0 aliphatic heterocycles. The summed E-state index contributed by atoms with van der Waals surface area (Å²) in [6.07, 6.45) is 1.99. The van der Waals surface area contributed by atoms with Crippen molar-refractivity contribution >= 4 is 33.2 Å². The van der Waals surface area contributed by atoms with Gasteiger partial charge in [-0.15, -0.1) is 11.3 Å². The van der Waals surface area contributed by atoms with Gasteiger partial charge in [0, 0.05) is 23.1 Å². The predicted octanol–water partition coefficient (Wildman–Crippen LogP) is 2.57. The van der Waals surface area contributed by atoms with Crippen LogP contribution in [0.1, 0.15) is 27.3 Å². The molecule has 0 saturated heterocycles. The molecule has 0 aromatic carbocycles. The highest BCUT2D eigenvalue weighted by Gasteiger charge is 2.07. The summed E-state index contributed by atoms with van der Waals surface area (Å²) in [4.78, 5) is 17.1. The topological polar surface area (TPSA) is 62.2 Å². The molecule has 0 unspecified atom stereocenters. The first kappa shape index (κ1) is 15.7. The molecule has 0 atom stereocenters.